The SMILES string of the molecule is N#C[Te]C#N.[K]. The topological polar surface area (TPSA) is 47.6 Å². The first-order chi connectivity index (χ1) is 2.41. The zero-order valence-corrected chi connectivity index (χ0v) is 8.76. The molecule has 0 aromatic rings. The second-order valence-electron chi connectivity index (χ2n) is 0.285. The molecule has 0 atom stereocenters. The van der Waals surface area contributed by atoms with Gasteiger partial charge in [-0.3, -0.25) is 0 Å². The van der Waals surface area contributed by atoms with E-state index in [0.717, 1.165) is 0 Å². The first-order valence-electron chi connectivity index (χ1n) is 0.855. The second-order valence-corrected chi connectivity index (χ2v) is 1.91. The van der Waals surface area contributed by atoms with Gasteiger partial charge in [-0.15, -0.1) is 0 Å². The van der Waals surface area contributed by atoms with Crippen molar-refractivity contribution in [2.75, 3.05) is 0 Å². The van der Waals surface area contributed by atoms with E-state index < -0.39 is 20.9 Å². The van der Waals surface area contributed by atoms with Gasteiger partial charge in [0, 0.05) is 51.4 Å². The Kier molecular flexibility index (Phi) is 16.7. The molecule has 6 heavy (non-hydrogen) atoms. The van der Waals surface area contributed by atoms with Crippen LogP contribution in [0.5, 0.6) is 0 Å². The molecule has 0 N–H and O–H groups in total. The van der Waals surface area contributed by atoms with Crippen LogP contribution in [0.3, 0.4) is 0 Å². The van der Waals surface area contributed by atoms with Crippen LogP contribution in [0.1, 0.15) is 0 Å². The summed E-state index contributed by atoms with van der Waals surface area (Å²) in [5.41, 5.74) is 0. The Morgan fingerprint density at radius 2 is 1.50 bits per heavy atom. The van der Waals surface area contributed by atoms with Gasteiger partial charge < -0.3 is 0 Å². The second kappa shape index (κ2) is 9.64. The maximum atomic E-state index is 7.65. The smallest absolute Gasteiger partial charge is 0 e. The van der Waals surface area contributed by atoms with E-state index in [-0.39, 0.29) is 51.4 Å². The predicted octanol–water partition coefficient (Wildman–Crippen LogP) is -0.728. The Labute approximate surface area is 89.0 Å². The minimum absolute atomic E-state index is 0. The molecule has 0 rings (SSSR count). The summed E-state index contributed by atoms with van der Waals surface area (Å²) in [7, 11) is 0. The largest absolute Gasteiger partial charge is 0 e. The molecule has 4 heteroatoms. The van der Waals surface area contributed by atoms with Crippen molar-refractivity contribution in [2.24, 2.45) is 0 Å². The van der Waals surface area contributed by atoms with Crippen molar-refractivity contribution in [1.82, 2.24) is 0 Å². The summed E-state index contributed by atoms with van der Waals surface area (Å²) in [6.45, 7) is 0. The van der Waals surface area contributed by atoms with Gasteiger partial charge in [0.05, 0.1) is 0 Å². The molecule has 0 aromatic carbocycles. The molecule has 0 heterocycles. The zero-order valence-electron chi connectivity index (χ0n) is 3.30. The van der Waals surface area contributed by atoms with Crippen LogP contribution in [0.2, 0.25) is 0 Å². The van der Waals surface area contributed by atoms with E-state index in [4.69, 9.17) is 10.5 Å². The van der Waals surface area contributed by atoms with Crippen LogP contribution >= 0.6 is 0 Å². The van der Waals surface area contributed by atoms with Gasteiger partial charge in [-0.2, -0.15) is 0 Å². The molecule has 0 bridgehead atoms. The molecule has 0 amide bonds. The Morgan fingerprint density at radius 1 is 1.17 bits per heavy atom. The molecular formula is C2KN2Te. The van der Waals surface area contributed by atoms with Crippen LogP contribution in [0.15, 0.2) is 0 Å². The standard InChI is InChI=1S/C2N2Te.K/c3-1-5-2-4;. The van der Waals surface area contributed by atoms with Crippen molar-refractivity contribution in [3.63, 3.8) is 0 Å². The zero-order chi connectivity index (χ0) is 4.12. The van der Waals surface area contributed by atoms with Crippen LogP contribution in [0, 0.1) is 18.8 Å². The molecule has 0 fully saturated rings. The molecule has 0 spiro atoms. The van der Waals surface area contributed by atoms with Crippen molar-refractivity contribution >= 4 is 72.3 Å². The van der Waals surface area contributed by atoms with Crippen molar-refractivity contribution in [1.29, 1.82) is 10.5 Å². The van der Waals surface area contributed by atoms with Crippen LogP contribution in [0.4, 0.5) is 0 Å². The fourth-order valence-corrected chi connectivity index (χ4v) is 0.137. The Bertz CT molecular complexity index is 76.7. The summed E-state index contributed by atoms with van der Waals surface area (Å²) in [5, 5.41) is 15.3. The van der Waals surface area contributed by atoms with Crippen molar-refractivity contribution in [2.45, 2.75) is 0 Å². The molecule has 0 unspecified atom stereocenters. The van der Waals surface area contributed by atoms with Crippen molar-refractivity contribution < 1.29 is 0 Å². The number of rotatable bonds is 0. The summed E-state index contributed by atoms with van der Waals surface area (Å²) in [5.74, 6) is 0. The van der Waals surface area contributed by atoms with Gasteiger partial charge in [-0.05, 0) is 0 Å². The van der Waals surface area contributed by atoms with E-state index >= 15 is 0 Å². The van der Waals surface area contributed by atoms with E-state index in [2.05, 4.69) is 0 Å². The van der Waals surface area contributed by atoms with Crippen LogP contribution in [-0.4, -0.2) is 72.3 Å². The van der Waals surface area contributed by atoms with Gasteiger partial charge >= 0.3 is 39.7 Å². The van der Waals surface area contributed by atoms with Crippen LogP contribution in [-0.2, 0) is 0 Å². The Balaban J connectivity index is 0. The van der Waals surface area contributed by atoms with Crippen LogP contribution in [0.25, 0.3) is 0 Å². The predicted molar refractivity (Wildman–Crippen MR) is 22.7 cm³/mol. The Morgan fingerprint density at radius 3 is 1.50 bits per heavy atom. The van der Waals surface area contributed by atoms with E-state index in [1.165, 1.54) is 0 Å². The third kappa shape index (κ3) is 9.05. The normalized spacial score (nSPS) is 3.67. The Hall–Kier alpha value is 1.41. The fourth-order valence-electron chi connectivity index (χ4n) is 0.0204. The van der Waals surface area contributed by atoms with E-state index in [0.29, 0.717) is 0 Å². The van der Waals surface area contributed by atoms with Crippen LogP contribution < -0.4 is 0 Å². The first-order valence-corrected chi connectivity index (χ1v) is 3.19. The molecule has 0 saturated carbocycles. The van der Waals surface area contributed by atoms with Crippen molar-refractivity contribution in [3.8, 4) is 8.23 Å². The minimum atomic E-state index is -0.896. The van der Waals surface area contributed by atoms with Gasteiger partial charge in [-0.25, -0.2) is 0 Å². The first kappa shape index (κ1) is 10.4. The van der Waals surface area contributed by atoms with Gasteiger partial charge in [0.1, 0.15) is 0 Å². The molecule has 0 saturated heterocycles. The molecule has 25 valence electrons. The van der Waals surface area contributed by atoms with Crippen molar-refractivity contribution in [3.05, 3.63) is 0 Å². The fraction of sp³-hybridized carbons (Fsp3) is 0. The van der Waals surface area contributed by atoms with E-state index in [1.807, 2.05) is 0 Å². The van der Waals surface area contributed by atoms with Gasteiger partial charge in [0.2, 0.25) is 0 Å². The molecule has 2 nitrogen and oxygen atoms in total. The summed E-state index contributed by atoms with van der Waals surface area (Å²) in [4.78, 5) is 0. The molecular weight excluding hydrogens is 219 g/mol. The average molecular weight is 219 g/mol. The summed E-state index contributed by atoms with van der Waals surface area (Å²) in [6, 6.07) is 0. The minimum Gasteiger partial charge on any atom is 0 e. The number of hydrogen-bond donors (Lipinski definition) is 0. The summed E-state index contributed by atoms with van der Waals surface area (Å²) < 4.78 is 3.57. The number of nitrogens with zero attached hydrogens (tertiary/aromatic N) is 2. The summed E-state index contributed by atoms with van der Waals surface area (Å²) >= 11 is -0.896. The molecule has 0 aliphatic carbocycles. The summed E-state index contributed by atoms with van der Waals surface area (Å²) in [6.07, 6.45) is 0. The van der Waals surface area contributed by atoms with E-state index in [9.17, 15) is 0 Å². The maximum Gasteiger partial charge on any atom is 0 e. The third-order valence-corrected chi connectivity index (χ3v) is 0.612. The van der Waals surface area contributed by atoms with E-state index in [1.54, 1.807) is 8.23 Å². The molecule has 0 aliphatic rings. The monoisotopic (exact) mass is 221 g/mol. The third-order valence-electron chi connectivity index (χ3n) is 0.0913. The maximum absolute atomic E-state index is 7.65. The molecule has 0 aliphatic heterocycles. The quantitative estimate of drug-likeness (QED) is 0.504. The van der Waals surface area contributed by atoms with Gasteiger partial charge in [0.15, 0.2) is 0 Å². The number of hydrogen-bond acceptors (Lipinski definition) is 2. The van der Waals surface area contributed by atoms with Gasteiger partial charge in [-0.1, -0.05) is 0 Å². The average Bonchev–Trinajstić information content (AvgIpc) is 1.41. The number of nitriles is 2. The van der Waals surface area contributed by atoms with Gasteiger partial charge in [0.25, 0.3) is 0 Å². The molecule has 1 radical (unpaired) electrons. The molecule has 0 aromatic heterocycles.